The number of ether oxygens (including phenoxy) is 1. The van der Waals surface area contributed by atoms with Crippen molar-refractivity contribution in [2.75, 3.05) is 26.7 Å². The maximum absolute atomic E-state index is 5.84. The molecular formula is C13H17NO. The second-order valence-electron chi connectivity index (χ2n) is 4.64. The lowest BCUT2D eigenvalue weighted by Crippen LogP contribution is -2.32. The number of hydrogen-bond donors (Lipinski definition) is 0. The molecule has 0 unspecified atom stereocenters. The number of fused-ring (bicyclic) bond motifs is 1. The Labute approximate surface area is 90.9 Å². The average Bonchev–Trinajstić information content (AvgIpc) is 2.28. The fraction of sp³-hybridized carbons (Fsp3) is 0.538. The van der Waals surface area contributed by atoms with E-state index in [0.717, 1.165) is 26.0 Å². The Morgan fingerprint density at radius 2 is 2.27 bits per heavy atom. The van der Waals surface area contributed by atoms with Crippen molar-refractivity contribution in [3.05, 3.63) is 34.6 Å². The van der Waals surface area contributed by atoms with Gasteiger partial charge in [-0.1, -0.05) is 12.2 Å². The van der Waals surface area contributed by atoms with E-state index >= 15 is 0 Å². The van der Waals surface area contributed by atoms with Crippen LogP contribution in [0.4, 0.5) is 0 Å². The smallest absolute Gasteiger partial charge is 0.111 e. The number of allylic oxidation sites excluding steroid dienone is 4. The lowest BCUT2D eigenvalue weighted by molar-refractivity contribution is 0.200. The van der Waals surface area contributed by atoms with Gasteiger partial charge in [0.1, 0.15) is 12.4 Å². The highest BCUT2D eigenvalue weighted by Crippen LogP contribution is 2.35. The van der Waals surface area contributed by atoms with Crippen LogP contribution in [0, 0.1) is 0 Å². The van der Waals surface area contributed by atoms with Gasteiger partial charge in [-0.25, -0.2) is 0 Å². The number of nitrogens with zero attached hydrogens (tertiary/aromatic N) is 1. The van der Waals surface area contributed by atoms with Crippen LogP contribution in [0.2, 0.25) is 0 Å². The Kier molecular flexibility index (Phi) is 2.17. The van der Waals surface area contributed by atoms with E-state index in [-0.39, 0.29) is 0 Å². The molecule has 3 rings (SSSR count). The Balaban J connectivity index is 1.99. The molecule has 1 aliphatic carbocycles. The molecule has 0 amide bonds. The molecule has 0 fully saturated rings. The van der Waals surface area contributed by atoms with E-state index in [0.29, 0.717) is 0 Å². The van der Waals surface area contributed by atoms with Gasteiger partial charge in [-0.05, 0) is 31.0 Å². The van der Waals surface area contributed by atoms with E-state index < -0.39 is 0 Å². The van der Waals surface area contributed by atoms with Crippen molar-refractivity contribution in [1.29, 1.82) is 0 Å². The minimum absolute atomic E-state index is 0.826. The van der Waals surface area contributed by atoms with Crippen molar-refractivity contribution in [2.24, 2.45) is 0 Å². The molecule has 0 saturated heterocycles. The van der Waals surface area contributed by atoms with Crippen molar-refractivity contribution in [1.82, 2.24) is 4.90 Å². The van der Waals surface area contributed by atoms with Gasteiger partial charge in [0.2, 0.25) is 0 Å². The molecule has 0 N–H and O–H groups in total. The topological polar surface area (TPSA) is 12.5 Å². The van der Waals surface area contributed by atoms with Crippen LogP contribution in [0.3, 0.4) is 0 Å². The summed E-state index contributed by atoms with van der Waals surface area (Å²) in [6, 6.07) is 0. The summed E-state index contributed by atoms with van der Waals surface area (Å²) in [6.45, 7) is 3.09. The van der Waals surface area contributed by atoms with Crippen molar-refractivity contribution in [3.8, 4) is 0 Å². The normalized spacial score (nSPS) is 26.2. The van der Waals surface area contributed by atoms with Crippen molar-refractivity contribution in [2.45, 2.75) is 19.3 Å². The summed E-state index contributed by atoms with van der Waals surface area (Å²) in [6.07, 6.45) is 7.97. The molecule has 2 heterocycles. The Hall–Kier alpha value is -1.02. The molecule has 2 nitrogen and oxygen atoms in total. The van der Waals surface area contributed by atoms with E-state index in [1.54, 1.807) is 5.57 Å². The average molecular weight is 203 g/mol. The van der Waals surface area contributed by atoms with Gasteiger partial charge in [0.15, 0.2) is 0 Å². The van der Waals surface area contributed by atoms with E-state index in [1.807, 2.05) is 0 Å². The van der Waals surface area contributed by atoms with Crippen LogP contribution in [0.15, 0.2) is 34.6 Å². The van der Waals surface area contributed by atoms with Gasteiger partial charge in [0.25, 0.3) is 0 Å². The quantitative estimate of drug-likeness (QED) is 0.598. The number of rotatable bonds is 0. The van der Waals surface area contributed by atoms with Crippen LogP contribution in [-0.4, -0.2) is 31.6 Å². The highest BCUT2D eigenvalue weighted by atomic mass is 16.5. The van der Waals surface area contributed by atoms with Gasteiger partial charge in [-0.3, -0.25) is 0 Å². The predicted octanol–water partition coefficient (Wildman–Crippen LogP) is 2.25. The molecule has 0 saturated carbocycles. The summed E-state index contributed by atoms with van der Waals surface area (Å²) in [5.41, 5.74) is 4.47. The lowest BCUT2D eigenvalue weighted by Gasteiger charge is -2.33. The number of likely N-dealkylation sites (N-methyl/N-ethyl adjacent to an activating group) is 1. The van der Waals surface area contributed by atoms with Crippen molar-refractivity contribution >= 4 is 0 Å². The van der Waals surface area contributed by atoms with Crippen LogP contribution in [0.5, 0.6) is 0 Å². The third kappa shape index (κ3) is 1.53. The molecule has 0 aromatic heterocycles. The summed E-state index contributed by atoms with van der Waals surface area (Å²) < 4.78 is 5.84. The maximum atomic E-state index is 5.84. The zero-order valence-corrected chi connectivity index (χ0v) is 9.25. The minimum atomic E-state index is 0.826. The first-order chi connectivity index (χ1) is 7.34. The summed E-state index contributed by atoms with van der Waals surface area (Å²) in [5, 5.41) is 0. The molecule has 0 spiro atoms. The van der Waals surface area contributed by atoms with E-state index in [4.69, 9.17) is 4.74 Å². The zero-order valence-electron chi connectivity index (χ0n) is 9.25. The Morgan fingerprint density at radius 3 is 3.20 bits per heavy atom. The Morgan fingerprint density at radius 1 is 1.33 bits per heavy atom. The van der Waals surface area contributed by atoms with Crippen LogP contribution < -0.4 is 0 Å². The molecule has 15 heavy (non-hydrogen) atoms. The standard InChI is InChI=1S/C13H17NO/c1-14-7-6-11-10(8-14)9-15-13-5-3-2-4-12(11)13/h2,4H,3,5-9H2,1H3. The van der Waals surface area contributed by atoms with Crippen LogP contribution in [0.25, 0.3) is 0 Å². The summed E-state index contributed by atoms with van der Waals surface area (Å²) >= 11 is 0. The molecule has 2 aliphatic heterocycles. The maximum Gasteiger partial charge on any atom is 0.111 e. The van der Waals surface area contributed by atoms with E-state index in [2.05, 4.69) is 24.1 Å². The summed E-state index contributed by atoms with van der Waals surface area (Å²) in [7, 11) is 2.18. The van der Waals surface area contributed by atoms with Gasteiger partial charge in [0, 0.05) is 25.1 Å². The van der Waals surface area contributed by atoms with Gasteiger partial charge in [-0.2, -0.15) is 0 Å². The van der Waals surface area contributed by atoms with Crippen LogP contribution >= 0.6 is 0 Å². The second-order valence-corrected chi connectivity index (χ2v) is 4.64. The molecule has 80 valence electrons. The first-order valence-electron chi connectivity index (χ1n) is 5.77. The highest BCUT2D eigenvalue weighted by Gasteiger charge is 2.25. The highest BCUT2D eigenvalue weighted by molar-refractivity contribution is 5.49. The number of hydrogen-bond acceptors (Lipinski definition) is 2. The first kappa shape index (κ1) is 9.22. The molecule has 0 bridgehead atoms. The Bertz CT molecular complexity index is 376. The van der Waals surface area contributed by atoms with E-state index in [1.165, 1.54) is 29.9 Å². The van der Waals surface area contributed by atoms with Gasteiger partial charge < -0.3 is 9.64 Å². The fourth-order valence-electron chi connectivity index (χ4n) is 2.67. The first-order valence-corrected chi connectivity index (χ1v) is 5.77. The molecule has 0 atom stereocenters. The monoisotopic (exact) mass is 203 g/mol. The molecule has 0 aromatic carbocycles. The molecular weight excluding hydrogens is 186 g/mol. The summed E-state index contributed by atoms with van der Waals surface area (Å²) in [4.78, 5) is 2.38. The third-order valence-corrected chi connectivity index (χ3v) is 3.50. The third-order valence-electron chi connectivity index (χ3n) is 3.50. The van der Waals surface area contributed by atoms with Gasteiger partial charge >= 0.3 is 0 Å². The van der Waals surface area contributed by atoms with E-state index in [9.17, 15) is 0 Å². The minimum Gasteiger partial charge on any atom is -0.493 e. The van der Waals surface area contributed by atoms with Crippen molar-refractivity contribution < 1.29 is 4.74 Å². The SMILES string of the molecule is CN1CCC2=C(COC3=C2C=CCC3)C1. The molecule has 3 aliphatic rings. The van der Waals surface area contributed by atoms with Crippen LogP contribution in [0.1, 0.15) is 19.3 Å². The fourth-order valence-corrected chi connectivity index (χ4v) is 2.67. The zero-order chi connectivity index (χ0) is 10.3. The molecule has 2 heteroatoms. The van der Waals surface area contributed by atoms with Crippen molar-refractivity contribution in [3.63, 3.8) is 0 Å². The van der Waals surface area contributed by atoms with Gasteiger partial charge in [-0.15, -0.1) is 0 Å². The summed E-state index contributed by atoms with van der Waals surface area (Å²) in [5.74, 6) is 1.24. The van der Waals surface area contributed by atoms with Gasteiger partial charge in [0.05, 0.1) is 0 Å². The predicted molar refractivity (Wildman–Crippen MR) is 60.5 cm³/mol. The lowest BCUT2D eigenvalue weighted by atomic mass is 9.88. The van der Waals surface area contributed by atoms with Crippen LogP contribution in [-0.2, 0) is 4.74 Å². The second kappa shape index (κ2) is 3.53. The molecule has 0 radical (unpaired) electrons. The molecule has 0 aromatic rings. The largest absolute Gasteiger partial charge is 0.493 e.